The van der Waals surface area contributed by atoms with Crippen molar-refractivity contribution in [2.75, 3.05) is 10.8 Å². The molecule has 0 radical (unpaired) electrons. The highest BCUT2D eigenvalue weighted by Gasteiger charge is 2.34. The summed E-state index contributed by atoms with van der Waals surface area (Å²) in [5, 5.41) is 3.11. The number of carbonyl (C=O) groups excluding carboxylic acids is 2. The summed E-state index contributed by atoms with van der Waals surface area (Å²) in [6.07, 6.45) is 4.61. The van der Waals surface area contributed by atoms with Gasteiger partial charge >= 0.3 is 0 Å². The van der Waals surface area contributed by atoms with Gasteiger partial charge in [0.25, 0.3) is 10.0 Å². The second-order valence-electron chi connectivity index (χ2n) is 10.9. The molecule has 0 bridgehead atoms. The number of aryl methyl sites for hydroxylation is 3. The topological polar surface area (TPSA) is 86.8 Å². The van der Waals surface area contributed by atoms with Gasteiger partial charge in [-0.25, -0.2) is 8.42 Å². The first-order valence-corrected chi connectivity index (χ1v) is 15.9. The Morgan fingerprint density at radius 2 is 1.51 bits per heavy atom. The molecule has 4 rings (SSSR count). The molecule has 3 aromatic carbocycles. The van der Waals surface area contributed by atoms with Gasteiger partial charge in [0, 0.05) is 12.6 Å². The van der Waals surface area contributed by atoms with Gasteiger partial charge in [-0.15, -0.1) is 0 Å². The van der Waals surface area contributed by atoms with Crippen LogP contribution in [0.5, 0.6) is 0 Å². The summed E-state index contributed by atoms with van der Waals surface area (Å²) in [7, 11) is -4.09. The van der Waals surface area contributed by atoms with Gasteiger partial charge in [0.15, 0.2) is 0 Å². The normalized spacial score (nSPS) is 14.4. The van der Waals surface area contributed by atoms with Crippen molar-refractivity contribution < 1.29 is 18.0 Å². The summed E-state index contributed by atoms with van der Waals surface area (Å²) in [5.41, 5.74) is 4.11. The van der Waals surface area contributed by atoms with Crippen molar-refractivity contribution in [3.63, 3.8) is 0 Å². The second-order valence-corrected chi connectivity index (χ2v) is 12.8. The average molecular weight is 576 g/mol. The van der Waals surface area contributed by atoms with E-state index in [4.69, 9.17) is 0 Å². The van der Waals surface area contributed by atoms with Crippen LogP contribution >= 0.6 is 0 Å². The molecule has 1 N–H and O–H groups in total. The van der Waals surface area contributed by atoms with Crippen LogP contribution in [0.25, 0.3) is 0 Å². The van der Waals surface area contributed by atoms with Crippen LogP contribution in [0.2, 0.25) is 0 Å². The lowest BCUT2D eigenvalue weighted by Crippen LogP contribution is -2.52. The maximum Gasteiger partial charge on any atom is 0.264 e. The minimum absolute atomic E-state index is 0.107. The highest BCUT2D eigenvalue weighted by atomic mass is 32.2. The van der Waals surface area contributed by atoms with E-state index in [9.17, 15) is 18.0 Å². The van der Waals surface area contributed by atoms with Crippen LogP contribution in [0.4, 0.5) is 5.69 Å². The molecule has 218 valence electrons. The number of para-hydroxylation sites is 1. The van der Waals surface area contributed by atoms with E-state index in [0.717, 1.165) is 47.9 Å². The minimum atomic E-state index is -4.09. The lowest BCUT2D eigenvalue weighted by Gasteiger charge is -2.33. The molecule has 41 heavy (non-hydrogen) atoms. The number of sulfonamides is 1. The molecule has 1 aliphatic carbocycles. The third kappa shape index (κ3) is 7.17. The van der Waals surface area contributed by atoms with Gasteiger partial charge in [-0.05, 0) is 74.9 Å². The Morgan fingerprint density at radius 1 is 0.902 bits per heavy atom. The fourth-order valence-electron chi connectivity index (χ4n) is 5.35. The highest BCUT2D eigenvalue weighted by Crippen LogP contribution is 2.28. The van der Waals surface area contributed by atoms with Crippen LogP contribution in [0, 0.1) is 13.8 Å². The standard InChI is InChI=1S/C33H41N3O4S/c1-5-27-13-8-11-17-31(27)36(41(39,40)30-20-18-24(2)19-21-30)23-32(37)35(22-28-14-7-6-12-25(28)3)26(4)33(38)34-29-15-9-10-16-29/h6-8,11-14,17-21,26,29H,5,9-10,15-16,22-23H2,1-4H3,(H,34,38)/t26-/m1/s1. The van der Waals surface area contributed by atoms with Crippen LogP contribution in [0.3, 0.4) is 0 Å². The zero-order valence-electron chi connectivity index (χ0n) is 24.5. The van der Waals surface area contributed by atoms with Gasteiger partial charge in [0.05, 0.1) is 10.6 Å². The summed E-state index contributed by atoms with van der Waals surface area (Å²) < 4.78 is 29.4. The molecular weight excluding hydrogens is 534 g/mol. The molecule has 0 heterocycles. The molecule has 0 spiro atoms. The first kappa shape index (κ1) is 30.3. The molecule has 2 amide bonds. The number of nitrogens with one attached hydrogen (secondary N) is 1. The quantitative estimate of drug-likeness (QED) is 0.325. The Bertz CT molecular complexity index is 1460. The van der Waals surface area contributed by atoms with E-state index in [0.29, 0.717) is 12.1 Å². The van der Waals surface area contributed by atoms with Gasteiger partial charge in [-0.1, -0.05) is 79.9 Å². The number of hydrogen-bond donors (Lipinski definition) is 1. The van der Waals surface area contributed by atoms with Crippen molar-refractivity contribution >= 4 is 27.5 Å². The number of benzene rings is 3. The van der Waals surface area contributed by atoms with E-state index in [2.05, 4.69) is 5.32 Å². The molecule has 1 atom stereocenters. The van der Waals surface area contributed by atoms with E-state index < -0.39 is 28.5 Å². The first-order valence-electron chi connectivity index (χ1n) is 14.4. The van der Waals surface area contributed by atoms with E-state index in [1.807, 2.05) is 57.2 Å². The monoisotopic (exact) mass is 575 g/mol. The Morgan fingerprint density at radius 3 is 2.15 bits per heavy atom. The fraction of sp³-hybridized carbons (Fsp3) is 0.394. The van der Waals surface area contributed by atoms with E-state index in [1.165, 1.54) is 9.21 Å². The molecule has 7 nitrogen and oxygen atoms in total. The van der Waals surface area contributed by atoms with Crippen molar-refractivity contribution in [1.82, 2.24) is 10.2 Å². The number of anilines is 1. The Balaban J connectivity index is 1.72. The molecule has 1 saturated carbocycles. The lowest BCUT2D eigenvalue weighted by atomic mass is 10.1. The van der Waals surface area contributed by atoms with Gasteiger partial charge in [0.2, 0.25) is 11.8 Å². The van der Waals surface area contributed by atoms with E-state index in [-0.39, 0.29) is 23.4 Å². The molecule has 1 aliphatic rings. The summed E-state index contributed by atoms with van der Waals surface area (Å²) in [5.74, 6) is -0.662. The molecule has 0 aliphatic heterocycles. The molecule has 1 fully saturated rings. The average Bonchev–Trinajstić information content (AvgIpc) is 3.48. The van der Waals surface area contributed by atoms with Gasteiger partial charge < -0.3 is 10.2 Å². The van der Waals surface area contributed by atoms with Crippen LogP contribution < -0.4 is 9.62 Å². The van der Waals surface area contributed by atoms with Gasteiger partial charge in [0.1, 0.15) is 12.6 Å². The van der Waals surface area contributed by atoms with E-state index in [1.54, 1.807) is 43.3 Å². The smallest absolute Gasteiger partial charge is 0.264 e. The fourth-order valence-corrected chi connectivity index (χ4v) is 6.80. The maximum absolute atomic E-state index is 14.2. The van der Waals surface area contributed by atoms with Crippen LogP contribution in [-0.4, -0.2) is 43.8 Å². The van der Waals surface area contributed by atoms with Crippen molar-refractivity contribution in [3.05, 3.63) is 95.1 Å². The summed E-state index contributed by atoms with van der Waals surface area (Å²) in [6, 6.07) is 20.9. The third-order valence-corrected chi connectivity index (χ3v) is 9.77. The van der Waals surface area contributed by atoms with Crippen LogP contribution in [-0.2, 0) is 32.6 Å². The van der Waals surface area contributed by atoms with Gasteiger partial charge in [-0.3, -0.25) is 13.9 Å². The predicted molar refractivity (Wildman–Crippen MR) is 163 cm³/mol. The predicted octanol–water partition coefficient (Wildman–Crippen LogP) is 5.54. The summed E-state index contributed by atoms with van der Waals surface area (Å²) in [4.78, 5) is 29.2. The van der Waals surface area contributed by atoms with Crippen molar-refractivity contribution in [2.24, 2.45) is 0 Å². The number of hydrogen-bond acceptors (Lipinski definition) is 4. The van der Waals surface area contributed by atoms with Crippen molar-refractivity contribution in [1.29, 1.82) is 0 Å². The highest BCUT2D eigenvalue weighted by molar-refractivity contribution is 7.92. The number of nitrogens with zero attached hydrogens (tertiary/aromatic N) is 2. The Hall–Kier alpha value is -3.65. The lowest BCUT2D eigenvalue weighted by molar-refractivity contribution is -0.139. The van der Waals surface area contributed by atoms with Crippen molar-refractivity contribution in [3.8, 4) is 0 Å². The SMILES string of the molecule is CCc1ccccc1N(CC(=O)N(Cc1ccccc1C)[C@H](C)C(=O)NC1CCCC1)S(=O)(=O)c1ccc(C)cc1. The molecule has 0 unspecified atom stereocenters. The summed E-state index contributed by atoms with van der Waals surface area (Å²) >= 11 is 0. The zero-order valence-corrected chi connectivity index (χ0v) is 25.3. The largest absolute Gasteiger partial charge is 0.352 e. The first-order chi connectivity index (χ1) is 19.6. The third-order valence-electron chi connectivity index (χ3n) is 8.00. The molecular formula is C33H41N3O4S. The maximum atomic E-state index is 14.2. The molecule has 8 heteroatoms. The molecule has 0 aromatic heterocycles. The van der Waals surface area contributed by atoms with Gasteiger partial charge in [-0.2, -0.15) is 0 Å². The number of amides is 2. The van der Waals surface area contributed by atoms with E-state index >= 15 is 0 Å². The van der Waals surface area contributed by atoms with Crippen LogP contribution in [0.1, 0.15) is 61.8 Å². The summed E-state index contributed by atoms with van der Waals surface area (Å²) in [6.45, 7) is 7.30. The Kier molecular flexibility index (Phi) is 9.86. The number of rotatable bonds is 11. The van der Waals surface area contributed by atoms with Crippen molar-refractivity contribution in [2.45, 2.75) is 83.3 Å². The Labute approximate surface area is 244 Å². The molecule has 3 aromatic rings. The molecule has 0 saturated heterocycles. The van der Waals surface area contributed by atoms with Crippen LogP contribution in [0.15, 0.2) is 77.7 Å². The number of carbonyl (C=O) groups is 2. The second kappa shape index (κ2) is 13.3. The zero-order chi connectivity index (χ0) is 29.6. The minimum Gasteiger partial charge on any atom is -0.352 e.